The second-order valence-electron chi connectivity index (χ2n) is 3.44. The minimum Gasteiger partial charge on any atom is -0.395 e. The van der Waals surface area contributed by atoms with E-state index in [1.807, 2.05) is 39.8 Å². The molecule has 2 aromatic rings. The Kier molecular flexibility index (Phi) is 10.9. The molecule has 0 aliphatic heterocycles. The minimum absolute atomic E-state index is 0.429. The number of hydrogen-bond donors (Lipinski definition) is 0. The Hall–Kier alpha value is -1.77. The standard InChI is InChI=1S/C13H13O4P.2C2H6/c1-15-18(14,16-12-8-4-2-5-9-12)17-13-10-6-3-7-11-13;2*1-2/h2-11H,1H3;2*1-2H3. The van der Waals surface area contributed by atoms with Crippen molar-refractivity contribution in [3.63, 3.8) is 0 Å². The lowest BCUT2D eigenvalue weighted by Gasteiger charge is -2.16. The largest absolute Gasteiger partial charge is 0.587 e. The van der Waals surface area contributed by atoms with Crippen LogP contribution in [0.15, 0.2) is 60.7 Å². The molecule has 0 amide bonds. The molecule has 2 aromatic carbocycles. The van der Waals surface area contributed by atoms with Crippen LogP contribution in [0.4, 0.5) is 0 Å². The summed E-state index contributed by atoms with van der Waals surface area (Å²) >= 11 is 0. The summed E-state index contributed by atoms with van der Waals surface area (Å²) in [5.74, 6) is 0.859. The first-order valence-electron chi connectivity index (χ1n) is 7.37. The SMILES string of the molecule is CC.CC.COP(=O)(Oc1ccccc1)Oc1ccccc1. The van der Waals surface area contributed by atoms with E-state index >= 15 is 0 Å². The van der Waals surface area contributed by atoms with Crippen LogP contribution in [0, 0.1) is 0 Å². The highest BCUT2D eigenvalue weighted by molar-refractivity contribution is 7.49. The van der Waals surface area contributed by atoms with Gasteiger partial charge in [-0.1, -0.05) is 64.1 Å². The molecule has 0 saturated heterocycles. The first-order chi connectivity index (χ1) is 10.7. The van der Waals surface area contributed by atoms with Gasteiger partial charge in [-0.3, -0.25) is 4.52 Å². The van der Waals surface area contributed by atoms with Gasteiger partial charge in [-0.25, -0.2) is 4.57 Å². The highest BCUT2D eigenvalue weighted by atomic mass is 31.2. The van der Waals surface area contributed by atoms with E-state index in [9.17, 15) is 4.57 Å². The van der Waals surface area contributed by atoms with E-state index < -0.39 is 7.82 Å². The molecule has 0 fully saturated rings. The zero-order valence-electron chi connectivity index (χ0n) is 13.9. The quantitative estimate of drug-likeness (QED) is 0.637. The molecule has 0 bridgehead atoms. The van der Waals surface area contributed by atoms with Crippen molar-refractivity contribution in [3.05, 3.63) is 60.7 Å². The van der Waals surface area contributed by atoms with Crippen LogP contribution >= 0.6 is 7.82 Å². The van der Waals surface area contributed by atoms with E-state index in [4.69, 9.17) is 13.6 Å². The fraction of sp³-hybridized carbons (Fsp3) is 0.294. The third-order valence-electron chi connectivity index (χ3n) is 2.14. The first kappa shape index (κ1) is 20.2. The molecule has 0 saturated carbocycles. The first-order valence-corrected chi connectivity index (χ1v) is 8.83. The molecule has 0 aliphatic carbocycles. The Morgan fingerprint density at radius 3 is 1.27 bits per heavy atom. The number of benzene rings is 2. The molecule has 0 radical (unpaired) electrons. The van der Waals surface area contributed by atoms with Crippen LogP contribution in [0.1, 0.15) is 27.7 Å². The molecule has 0 spiro atoms. The summed E-state index contributed by atoms with van der Waals surface area (Å²) in [5, 5.41) is 0. The number of phosphoric acid groups is 1. The van der Waals surface area contributed by atoms with Crippen molar-refractivity contribution in [2.75, 3.05) is 7.11 Å². The smallest absolute Gasteiger partial charge is 0.395 e. The number of para-hydroxylation sites is 2. The summed E-state index contributed by atoms with van der Waals surface area (Å²) in [6, 6.07) is 17.5. The summed E-state index contributed by atoms with van der Waals surface area (Å²) in [6.45, 7) is 8.00. The van der Waals surface area contributed by atoms with E-state index in [1.165, 1.54) is 7.11 Å². The molecule has 5 heteroatoms. The van der Waals surface area contributed by atoms with Gasteiger partial charge in [-0.05, 0) is 24.3 Å². The van der Waals surface area contributed by atoms with E-state index in [2.05, 4.69) is 0 Å². The van der Waals surface area contributed by atoms with Gasteiger partial charge in [-0.15, -0.1) is 0 Å². The van der Waals surface area contributed by atoms with Crippen LogP contribution in [0.5, 0.6) is 11.5 Å². The lowest BCUT2D eigenvalue weighted by Crippen LogP contribution is -2.02. The number of rotatable bonds is 5. The summed E-state index contributed by atoms with van der Waals surface area (Å²) in [4.78, 5) is 0. The van der Waals surface area contributed by atoms with Gasteiger partial charge < -0.3 is 9.05 Å². The summed E-state index contributed by atoms with van der Waals surface area (Å²) < 4.78 is 27.6. The Bertz CT molecular complexity index is 483. The van der Waals surface area contributed by atoms with Gasteiger partial charge in [0.2, 0.25) is 0 Å². The molecule has 0 aliphatic rings. The molecule has 2 rings (SSSR count). The van der Waals surface area contributed by atoms with Crippen molar-refractivity contribution >= 4 is 7.82 Å². The van der Waals surface area contributed by atoms with Crippen LogP contribution in [0.25, 0.3) is 0 Å². The van der Waals surface area contributed by atoms with Crippen LogP contribution in [0.2, 0.25) is 0 Å². The number of phosphoric ester groups is 1. The van der Waals surface area contributed by atoms with E-state index in [0.29, 0.717) is 11.5 Å². The molecule has 22 heavy (non-hydrogen) atoms. The lowest BCUT2D eigenvalue weighted by atomic mass is 10.3. The predicted octanol–water partition coefficient (Wildman–Crippen LogP) is 5.95. The van der Waals surface area contributed by atoms with Crippen LogP contribution < -0.4 is 9.05 Å². The summed E-state index contributed by atoms with van der Waals surface area (Å²) in [5.41, 5.74) is 0. The maximum absolute atomic E-state index is 12.3. The van der Waals surface area contributed by atoms with Crippen LogP contribution in [-0.2, 0) is 9.09 Å². The van der Waals surface area contributed by atoms with Gasteiger partial charge in [0.05, 0.1) is 0 Å². The number of hydrogen-bond acceptors (Lipinski definition) is 4. The molecule has 122 valence electrons. The van der Waals surface area contributed by atoms with Gasteiger partial charge in [0.1, 0.15) is 11.5 Å². The average Bonchev–Trinajstić information content (AvgIpc) is 2.60. The predicted molar refractivity (Wildman–Crippen MR) is 91.5 cm³/mol. The molecule has 4 nitrogen and oxygen atoms in total. The van der Waals surface area contributed by atoms with Crippen molar-refractivity contribution in [3.8, 4) is 11.5 Å². The normalized spacial score (nSPS) is 9.50. The molecular formula is C17H25O4P. The van der Waals surface area contributed by atoms with Crippen molar-refractivity contribution in [1.29, 1.82) is 0 Å². The molecule has 0 unspecified atom stereocenters. The monoisotopic (exact) mass is 324 g/mol. The third kappa shape index (κ3) is 7.30. The van der Waals surface area contributed by atoms with Crippen molar-refractivity contribution in [2.24, 2.45) is 0 Å². The van der Waals surface area contributed by atoms with E-state index in [1.54, 1.807) is 48.5 Å². The van der Waals surface area contributed by atoms with Gasteiger partial charge in [0, 0.05) is 7.11 Å². The second kappa shape index (κ2) is 11.8. The van der Waals surface area contributed by atoms with E-state index in [-0.39, 0.29) is 0 Å². The van der Waals surface area contributed by atoms with Gasteiger partial charge in [0.15, 0.2) is 0 Å². The van der Waals surface area contributed by atoms with E-state index in [0.717, 1.165) is 0 Å². The Balaban J connectivity index is 0.00000102. The third-order valence-corrected chi connectivity index (χ3v) is 3.46. The minimum atomic E-state index is -3.64. The zero-order chi connectivity index (χ0) is 16.8. The fourth-order valence-electron chi connectivity index (χ4n) is 1.31. The second-order valence-corrected chi connectivity index (χ2v) is 5.06. The maximum Gasteiger partial charge on any atom is 0.587 e. The maximum atomic E-state index is 12.3. The van der Waals surface area contributed by atoms with Crippen LogP contribution in [0.3, 0.4) is 0 Å². The lowest BCUT2D eigenvalue weighted by molar-refractivity contribution is 0.250. The molecule has 0 atom stereocenters. The topological polar surface area (TPSA) is 44.8 Å². The van der Waals surface area contributed by atoms with Crippen molar-refractivity contribution in [1.82, 2.24) is 0 Å². The van der Waals surface area contributed by atoms with Crippen LogP contribution in [-0.4, -0.2) is 7.11 Å². The molecule has 0 aromatic heterocycles. The highest BCUT2D eigenvalue weighted by Crippen LogP contribution is 2.48. The Morgan fingerprint density at radius 1 is 0.682 bits per heavy atom. The summed E-state index contributed by atoms with van der Waals surface area (Å²) in [7, 11) is -2.36. The fourth-order valence-corrected chi connectivity index (χ4v) is 2.26. The molecule has 0 N–H and O–H groups in total. The zero-order valence-corrected chi connectivity index (χ0v) is 14.7. The Labute approximate surface area is 133 Å². The van der Waals surface area contributed by atoms with Gasteiger partial charge in [-0.2, -0.15) is 0 Å². The van der Waals surface area contributed by atoms with Gasteiger partial charge in [0.25, 0.3) is 0 Å². The average molecular weight is 324 g/mol. The molecule has 0 heterocycles. The van der Waals surface area contributed by atoms with Crippen molar-refractivity contribution in [2.45, 2.75) is 27.7 Å². The highest BCUT2D eigenvalue weighted by Gasteiger charge is 2.28. The summed E-state index contributed by atoms with van der Waals surface area (Å²) in [6.07, 6.45) is 0. The van der Waals surface area contributed by atoms with Crippen molar-refractivity contribution < 1.29 is 18.1 Å². The van der Waals surface area contributed by atoms with Gasteiger partial charge >= 0.3 is 7.82 Å². The Morgan fingerprint density at radius 2 is 1.00 bits per heavy atom. The molecular weight excluding hydrogens is 299 g/mol.